The van der Waals surface area contributed by atoms with E-state index in [9.17, 15) is 0 Å². The standard InChI is InChI=1S/C17H13ClN4/c1-22-6-2-3-15(22)17-14-7-12(18)4-5-13(14)16-11(9-20-17)8-19-10-21-16/h2-8,10H,9H2,1H3. The van der Waals surface area contributed by atoms with E-state index in [1.165, 1.54) is 0 Å². The van der Waals surface area contributed by atoms with Crippen LogP contribution in [0.15, 0.2) is 54.0 Å². The lowest BCUT2D eigenvalue weighted by Crippen LogP contribution is -2.09. The number of nitrogens with zero attached hydrogens (tertiary/aromatic N) is 4. The van der Waals surface area contributed by atoms with Gasteiger partial charge in [0.2, 0.25) is 0 Å². The van der Waals surface area contributed by atoms with Crippen molar-refractivity contribution in [2.75, 3.05) is 0 Å². The third-order valence-electron chi connectivity index (χ3n) is 3.87. The van der Waals surface area contributed by atoms with Gasteiger partial charge in [-0.1, -0.05) is 17.7 Å². The lowest BCUT2D eigenvalue weighted by Gasteiger charge is -2.11. The highest BCUT2D eigenvalue weighted by Crippen LogP contribution is 2.32. The van der Waals surface area contributed by atoms with Crippen LogP contribution in [0.25, 0.3) is 11.3 Å². The molecule has 3 aromatic rings. The molecular weight excluding hydrogens is 296 g/mol. The van der Waals surface area contributed by atoms with Crippen LogP contribution in [0.4, 0.5) is 0 Å². The molecule has 4 nitrogen and oxygen atoms in total. The summed E-state index contributed by atoms with van der Waals surface area (Å²) in [6, 6.07) is 9.93. The van der Waals surface area contributed by atoms with Crippen molar-refractivity contribution in [1.82, 2.24) is 14.5 Å². The van der Waals surface area contributed by atoms with E-state index in [0.717, 1.165) is 33.8 Å². The minimum absolute atomic E-state index is 0.559. The highest BCUT2D eigenvalue weighted by atomic mass is 35.5. The zero-order valence-corrected chi connectivity index (χ0v) is 12.7. The SMILES string of the molecule is Cn1cccc1C1=NCc2cncnc2-c2ccc(Cl)cc21. The molecule has 0 saturated heterocycles. The summed E-state index contributed by atoms with van der Waals surface area (Å²) in [5.41, 5.74) is 5.99. The number of halogens is 1. The van der Waals surface area contributed by atoms with E-state index in [2.05, 4.69) is 20.6 Å². The molecule has 5 heteroatoms. The molecule has 0 bridgehead atoms. The van der Waals surface area contributed by atoms with Crippen molar-refractivity contribution in [2.45, 2.75) is 6.54 Å². The molecule has 0 unspecified atom stereocenters. The van der Waals surface area contributed by atoms with E-state index in [0.29, 0.717) is 11.6 Å². The topological polar surface area (TPSA) is 43.1 Å². The highest BCUT2D eigenvalue weighted by Gasteiger charge is 2.21. The number of fused-ring (bicyclic) bond motifs is 3. The van der Waals surface area contributed by atoms with Gasteiger partial charge in [0, 0.05) is 41.2 Å². The van der Waals surface area contributed by atoms with E-state index in [1.54, 1.807) is 6.33 Å². The summed E-state index contributed by atoms with van der Waals surface area (Å²) in [5.74, 6) is 0. The average molecular weight is 309 g/mol. The molecule has 1 aliphatic rings. The molecule has 0 atom stereocenters. The number of hydrogen-bond donors (Lipinski definition) is 0. The smallest absolute Gasteiger partial charge is 0.116 e. The molecule has 1 aromatic carbocycles. The monoisotopic (exact) mass is 308 g/mol. The second kappa shape index (κ2) is 5.07. The van der Waals surface area contributed by atoms with Crippen molar-refractivity contribution in [2.24, 2.45) is 12.0 Å². The van der Waals surface area contributed by atoms with Crippen LogP contribution >= 0.6 is 11.6 Å². The number of rotatable bonds is 1. The van der Waals surface area contributed by atoms with Gasteiger partial charge in [-0.15, -0.1) is 0 Å². The van der Waals surface area contributed by atoms with E-state index < -0.39 is 0 Å². The van der Waals surface area contributed by atoms with Gasteiger partial charge >= 0.3 is 0 Å². The Morgan fingerprint density at radius 2 is 2.09 bits per heavy atom. The largest absolute Gasteiger partial charge is 0.349 e. The summed E-state index contributed by atoms with van der Waals surface area (Å²) < 4.78 is 2.06. The van der Waals surface area contributed by atoms with Gasteiger partial charge in [-0.2, -0.15) is 0 Å². The van der Waals surface area contributed by atoms with Crippen molar-refractivity contribution in [1.29, 1.82) is 0 Å². The van der Waals surface area contributed by atoms with Gasteiger partial charge in [0.1, 0.15) is 6.33 Å². The van der Waals surface area contributed by atoms with Crippen LogP contribution in [-0.2, 0) is 13.6 Å². The maximum Gasteiger partial charge on any atom is 0.116 e. The molecule has 3 heterocycles. The quantitative estimate of drug-likeness (QED) is 0.690. The fourth-order valence-electron chi connectivity index (χ4n) is 2.81. The predicted octanol–water partition coefficient (Wildman–Crippen LogP) is 3.49. The number of aryl methyl sites for hydroxylation is 1. The second-order valence-electron chi connectivity index (χ2n) is 5.26. The Balaban J connectivity index is 2.03. The van der Waals surface area contributed by atoms with Gasteiger partial charge in [-0.25, -0.2) is 9.97 Å². The Bertz CT molecular complexity index is 895. The van der Waals surface area contributed by atoms with E-state index in [1.807, 2.05) is 43.7 Å². The van der Waals surface area contributed by atoms with Gasteiger partial charge in [0.15, 0.2) is 0 Å². The van der Waals surface area contributed by atoms with Crippen molar-refractivity contribution < 1.29 is 0 Å². The maximum absolute atomic E-state index is 6.23. The predicted molar refractivity (Wildman–Crippen MR) is 87.2 cm³/mol. The fraction of sp³-hybridized carbons (Fsp3) is 0.118. The molecule has 0 radical (unpaired) electrons. The molecule has 2 aromatic heterocycles. The summed E-state index contributed by atoms with van der Waals surface area (Å²) in [5, 5.41) is 0.693. The molecule has 0 N–H and O–H groups in total. The molecule has 0 fully saturated rings. The third-order valence-corrected chi connectivity index (χ3v) is 4.11. The molecule has 22 heavy (non-hydrogen) atoms. The summed E-state index contributed by atoms with van der Waals surface area (Å²) in [7, 11) is 2.01. The Morgan fingerprint density at radius 1 is 1.18 bits per heavy atom. The van der Waals surface area contributed by atoms with Crippen LogP contribution < -0.4 is 0 Å². The molecule has 0 amide bonds. The fourth-order valence-corrected chi connectivity index (χ4v) is 2.98. The number of benzene rings is 1. The summed E-state index contributed by atoms with van der Waals surface area (Å²) >= 11 is 6.23. The van der Waals surface area contributed by atoms with Crippen molar-refractivity contribution in [3.8, 4) is 11.3 Å². The number of hydrogen-bond acceptors (Lipinski definition) is 3. The van der Waals surface area contributed by atoms with Crippen LogP contribution in [0.5, 0.6) is 0 Å². The Kier molecular flexibility index (Phi) is 3.05. The van der Waals surface area contributed by atoms with Crippen molar-refractivity contribution in [3.63, 3.8) is 0 Å². The number of aliphatic imine (C=N–C) groups is 1. The van der Waals surface area contributed by atoms with Crippen molar-refractivity contribution in [3.05, 3.63) is 70.9 Å². The zero-order valence-electron chi connectivity index (χ0n) is 12.0. The zero-order chi connectivity index (χ0) is 15.1. The van der Waals surface area contributed by atoms with Gasteiger partial charge in [0.05, 0.1) is 23.6 Å². The molecule has 0 saturated carbocycles. The molecule has 0 aliphatic carbocycles. The van der Waals surface area contributed by atoms with E-state index in [-0.39, 0.29) is 0 Å². The molecule has 4 rings (SSSR count). The first-order valence-electron chi connectivity index (χ1n) is 6.99. The van der Waals surface area contributed by atoms with Crippen molar-refractivity contribution >= 4 is 17.3 Å². The summed E-state index contributed by atoms with van der Waals surface area (Å²) in [6.07, 6.45) is 5.42. The minimum Gasteiger partial charge on any atom is -0.349 e. The Labute approximate surface area is 133 Å². The molecule has 0 spiro atoms. The summed E-state index contributed by atoms with van der Waals surface area (Å²) in [4.78, 5) is 13.4. The second-order valence-corrected chi connectivity index (χ2v) is 5.69. The lowest BCUT2D eigenvalue weighted by atomic mass is 9.98. The van der Waals surface area contributed by atoms with Crippen LogP contribution in [0.3, 0.4) is 0 Å². The number of aromatic nitrogens is 3. The van der Waals surface area contributed by atoms with Crippen LogP contribution in [0, 0.1) is 0 Å². The first-order valence-corrected chi connectivity index (χ1v) is 7.37. The van der Waals surface area contributed by atoms with E-state index in [4.69, 9.17) is 16.6 Å². The van der Waals surface area contributed by atoms with Crippen LogP contribution in [0.1, 0.15) is 16.8 Å². The molecule has 1 aliphatic heterocycles. The third kappa shape index (κ3) is 2.04. The van der Waals surface area contributed by atoms with Gasteiger partial charge < -0.3 is 4.57 Å². The molecular formula is C17H13ClN4. The van der Waals surface area contributed by atoms with Gasteiger partial charge in [-0.05, 0) is 24.3 Å². The Morgan fingerprint density at radius 3 is 2.91 bits per heavy atom. The van der Waals surface area contributed by atoms with Gasteiger partial charge in [0.25, 0.3) is 0 Å². The normalized spacial score (nSPS) is 13.1. The minimum atomic E-state index is 0.559. The first-order chi connectivity index (χ1) is 10.7. The van der Waals surface area contributed by atoms with Crippen LogP contribution in [-0.4, -0.2) is 20.2 Å². The highest BCUT2D eigenvalue weighted by molar-refractivity contribution is 6.31. The lowest BCUT2D eigenvalue weighted by molar-refractivity contribution is 0.911. The maximum atomic E-state index is 6.23. The van der Waals surface area contributed by atoms with E-state index >= 15 is 0 Å². The average Bonchev–Trinajstić information content (AvgIpc) is 2.88. The molecule has 108 valence electrons. The van der Waals surface area contributed by atoms with Crippen LogP contribution in [0.2, 0.25) is 5.02 Å². The summed E-state index contributed by atoms with van der Waals surface area (Å²) in [6.45, 7) is 0.559. The first kappa shape index (κ1) is 13.2. The Hall–Kier alpha value is -2.46. The van der Waals surface area contributed by atoms with Gasteiger partial charge in [-0.3, -0.25) is 4.99 Å².